The average molecular weight is 304 g/mol. The molecule has 0 spiro atoms. The van der Waals surface area contributed by atoms with Gasteiger partial charge in [0.25, 0.3) is 0 Å². The number of rotatable bonds is 6. The zero-order valence-corrected chi connectivity index (χ0v) is 14.0. The lowest BCUT2D eigenvalue weighted by molar-refractivity contribution is -0.122. The lowest BCUT2D eigenvalue weighted by atomic mass is 10.1. The van der Waals surface area contributed by atoms with Crippen LogP contribution in [-0.4, -0.2) is 60.5 Å². The summed E-state index contributed by atoms with van der Waals surface area (Å²) in [6.07, 6.45) is 3.21. The molecule has 1 aromatic heterocycles. The van der Waals surface area contributed by atoms with Gasteiger partial charge in [0.1, 0.15) is 0 Å². The van der Waals surface area contributed by atoms with Crippen molar-refractivity contribution in [3.05, 3.63) is 29.6 Å². The van der Waals surface area contributed by atoms with Crippen LogP contribution in [0.3, 0.4) is 0 Å². The van der Waals surface area contributed by atoms with E-state index in [-0.39, 0.29) is 11.9 Å². The molecule has 5 nitrogen and oxygen atoms in total. The summed E-state index contributed by atoms with van der Waals surface area (Å²) in [7, 11) is 2.14. The molecule has 2 heterocycles. The number of carbonyl (C=O) groups is 1. The predicted octanol–water partition coefficient (Wildman–Crippen LogP) is 1.59. The van der Waals surface area contributed by atoms with Gasteiger partial charge in [0.2, 0.25) is 5.91 Å². The van der Waals surface area contributed by atoms with E-state index in [1.165, 1.54) is 0 Å². The van der Waals surface area contributed by atoms with Crippen molar-refractivity contribution in [1.82, 2.24) is 20.1 Å². The molecule has 5 heteroatoms. The van der Waals surface area contributed by atoms with Gasteiger partial charge in [-0.25, -0.2) is 0 Å². The molecular formula is C17H28N4O. The van der Waals surface area contributed by atoms with Crippen LogP contribution in [-0.2, 0) is 4.79 Å². The fraction of sp³-hybridized carbons (Fsp3) is 0.647. The maximum absolute atomic E-state index is 12.2. The summed E-state index contributed by atoms with van der Waals surface area (Å²) < 4.78 is 0. The van der Waals surface area contributed by atoms with E-state index >= 15 is 0 Å². The number of aryl methyl sites for hydroxylation is 1. The molecular weight excluding hydrogens is 276 g/mol. The number of nitrogens with zero attached hydrogens (tertiary/aromatic N) is 3. The second kappa shape index (κ2) is 8.25. The Bertz CT molecular complexity index is 483. The topological polar surface area (TPSA) is 48.5 Å². The van der Waals surface area contributed by atoms with Crippen molar-refractivity contribution in [1.29, 1.82) is 0 Å². The quantitative estimate of drug-likeness (QED) is 0.867. The smallest absolute Gasteiger partial charge is 0.221 e. The zero-order chi connectivity index (χ0) is 15.9. The highest BCUT2D eigenvalue weighted by molar-refractivity contribution is 5.76. The van der Waals surface area contributed by atoms with E-state index in [1.807, 2.05) is 19.1 Å². The van der Waals surface area contributed by atoms with Crippen LogP contribution in [0.25, 0.3) is 0 Å². The first-order valence-corrected chi connectivity index (χ1v) is 8.22. The normalized spacial score (nSPS) is 18.1. The molecule has 22 heavy (non-hydrogen) atoms. The van der Waals surface area contributed by atoms with E-state index in [0.717, 1.165) is 50.4 Å². The van der Waals surface area contributed by atoms with E-state index in [1.54, 1.807) is 6.20 Å². The highest BCUT2D eigenvalue weighted by atomic mass is 16.1. The number of piperazine rings is 1. The fourth-order valence-electron chi connectivity index (χ4n) is 2.82. The minimum atomic E-state index is 0.0150. The zero-order valence-electron chi connectivity index (χ0n) is 14.0. The summed E-state index contributed by atoms with van der Waals surface area (Å²) in [6, 6.07) is 3.99. The number of likely N-dealkylation sites (N-methyl/N-ethyl adjacent to an activating group) is 1. The molecule has 2 rings (SSSR count). The third-order valence-corrected chi connectivity index (χ3v) is 4.37. The van der Waals surface area contributed by atoms with Crippen LogP contribution in [0.15, 0.2) is 18.3 Å². The number of hydrogen-bond acceptors (Lipinski definition) is 4. The highest BCUT2D eigenvalue weighted by Gasteiger charge is 2.18. The number of hydrogen-bond donors (Lipinski definition) is 1. The summed E-state index contributed by atoms with van der Waals surface area (Å²) in [6.45, 7) is 9.26. The molecule has 1 amide bonds. The lowest BCUT2D eigenvalue weighted by Gasteiger charge is -2.32. The Kier molecular flexibility index (Phi) is 6.34. The first-order chi connectivity index (χ1) is 10.6. The van der Waals surface area contributed by atoms with Crippen molar-refractivity contribution in [2.24, 2.45) is 0 Å². The van der Waals surface area contributed by atoms with E-state index < -0.39 is 0 Å². The van der Waals surface area contributed by atoms with Crippen molar-refractivity contribution < 1.29 is 4.79 Å². The lowest BCUT2D eigenvalue weighted by Crippen LogP contribution is -2.45. The molecule has 1 atom stereocenters. The minimum absolute atomic E-state index is 0.0150. The van der Waals surface area contributed by atoms with Crippen molar-refractivity contribution in [3.8, 4) is 0 Å². The van der Waals surface area contributed by atoms with Gasteiger partial charge in [-0.15, -0.1) is 0 Å². The molecule has 1 unspecified atom stereocenters. The predicted molar refractivity (Wildman–Crippen MR) is 88.7 cm³/mol. The first-order valence-electron chi connectivity index (χ1n) is 8.22. The van der Waals surface area contributed by atoms with Crippen molar-refractivity contribution in [2.45, 2.75) is 32.7 Å². The molecule has 0 bridgehead atoms. The summed E-state index contributed by atoms with van der Waals surface area (Å²) in [5.41, 5.74) is 2.12. The number of aromatic nitrogens is 1. The molecule has 1 N–H and O–H groups in total. The van der Waals surface area contributed by atoms with Crippen LogP contribution >= 0.6 is 0 Å². The Hall–Kier alpha value is -1.46. The summed E-state index contributed by atoms with van der Waals surface area (Å²) in [5.74, 6) is 0.121. The molecule has 0 saturated carbocycles. The first kappa shape index (κ1) is 16.9. The number of carbonyl (C=O) groups excluding carboxylic acids is 1. The Morgan fingerprint density at radius 2 is 2.09 bits per heavy atom. The maximum atomic E-state index is 12.2. The van der Waals surface area contributed by atoms with E-state index in [2.05, 4.69) is 34.1 Å². The van der Waals surface area contributed by atoms with Crippen molar-refractivity contribution >= 4 is 5.91 Å². The molecule has 0 aromatic carbocycles. The van der Waals surface area contributed by atoms with Gasteiger partial charge in [-0.3, -0.25) is 9.78 Å². The minimum Gasteiger partial charge on any atom is -0.348 e. The average Bonchev–Trinajstić information content (AvgIpc) is 2.53. The van der Waals surface area contributed by atoms with Gasteiger partial charge in [-0.2, -0.15) is 0 Å². The van der Waals surface area contributed by atoms with Gasteiger partial charge >= 0.3 is 0 Å². The highest BCUT2D eigenvalue weighted by Crippen LogP contribution is 2.17. The van der Waals surface area contributed by atoms with Crippen LogP contribution in [0.1, 0.15) is 37.1 Å². The Balaban J connectivity index is 1.81. The molecule has 0 radical (unpaired) electrons. The van der Waals surface area contributed by atoms with Gasteiger partial charge in [-0.1, -0.05) is 13.0 Å². The molecule has 1 fully saturated rings. The molecule has 1 aromatic rings. The van der Waals surface area contributed by atoms with Crippen molar-refractivity contribution in [3.63, 3.8) is 0 Å². The second-order valence-electron chi connectivity index (χ2n) is 6.13. The van der Waals surface area contributed by atoms with Gasteiger partial charge in [-0.05, 0) is 32.0 Å². The van der Waals surface area contributed by atoms with Crippen LogP contribution in [0.2, 0.25) is 0 Å². The van der Waals surface area contributed by atoms with Gasteiger partial charge in [0.05, 0.1) is 11.7 Å². The second-order valence-corrected chi connectivity index (χ2v) is 6.13. The third kappa shape index (κ3) is 4.78. The number of amides is 1. The maximum Gasteiger partial charge on any atom is 0.221 e. The van der Waals surface area contributed by atoms with Crippen LogP contribution in [0.4, 0.5) is 0 Å². The molecule has 1 aliphatic heterocycles. The van der Waals surface area contributed by atoms with Crippen LogP contribution < -0.4 is 5.32 Å². The van der Waals surface area contributed by atoms with E-state index in [9.17, 15) is 4.79 Å². The van der Waals surface area contributed by atoms with Gasteiger partial charge < -0.3 is 15.1 Å². The molecule has 1 aliphatic rings. The van der Waals surface area contributed by atoms with E-state index in [0.29, 0.717) is 6.42 Å². The molecule has 1 saturated heterocycles. The number of pyridine rings is 1. The summed E-state index contributed by atoms with van der Waals surface area (Å²) in [5, 5.41) is 3.13. The van der Waals surface area contributed by atoms with Gasteiger partial charge in [0, 0.05) is 45.3 Å². The Labute approximate surface area is 133 Å². The summed E-state index contributed by atoms with van der Waals surface area (Å²) >= 11 is 0. The van der Waals surface area contributed by atoms with E-state index in [4.69, 9.17) is 0 Å². The molecule has 0 aliphatic carbocycles. The standard InChI is InChI=1S/C17H28N4O/c1-4-15(17-14(2)6-5-8-18-17)19-16(22)7-9-21-12-10-20(3)11-13-21/h5-6,8,15H,4,7,9-13H2,1-3H3,(H,19,22). The SMILES string of the molecule is CCC(NC(=O)CCN1CCN(C)CC1)c1ncccc1C. The van der Waals surface area contributed by atoms with Crippen LogP contribution in [0, 0.1) is 6.92 Å². The molecule has 122 valence electrons. The van der Waals surface area contributed by atoms with Crippen LogP contribution in [0.5, 0.6) is 0 Å². The largest absolute Gasteiger partial charge is 0.348 e. The fourth-order valence-corrected chi connectivity index (χ4v) is 2.82. The Morgan fingerprint density at radius 1 is 1.36 bits per heavy atom. The number of nitrogens with one attached hydrogen (secondary N) is 1. The van der Waals surface area contributed by atoms with Crippen molar-refractivity contribution in [2.75, 3.05) is 39.8 Å². The van der Waals surface area contributed by atoms with Gasteiger partial charge in [0.15, 0.2) is 0 Å². The third-order valence-electron chi connectivity index (χ3n) is 4.37. The monoisotopic (exact) mass is 304 g/mol. The summed E-state index contributed by atoms with van der Waals surface area (Å²) in [4.78, 5) is 21.4. The Morgan fingerprint density at radius 3 is 2.73 bits per heavy atom.